The molecule has 1 fully saturated rings. The number of carbonyl (C=O) groups excluding carboxylic acids is 1. The second-order valence-electron chi connectivity index (χ2n) is 6.33. The third-order valence-electron chi connectivity index (χ3n) is 4.58. The molecule has 0 aliphatic carbocycles. The van der Waals surface area contributed by atoms with E-state index in [1.165, 1.54) is 6.08 Å². The first-order valence-electron chi connectivity index (χ1n) is 9.11. The van der Waals surface area contributed by atoms with E-state index in [0.29, 0.717) is 11.5 Å². The number of anilines is 4. The van der Waals surface area contributed by atoms with Gasteiger partial charge in [0.05, 0.1) is 25.9 Å². The molecule has 2 aromatic rings. The van der Waals surface area contributed by atoms with Crippen molar-refractivity contribution in [2.75, 3.05) is 60.7 Å². The van der Waals surface area contributed by atoms with Crippen molar-refractivity contribution in [3.63, 3.8) is 0 Å². The van der Waals surface area contributed by atoms with Gasteiger partial charge in [-0.15, -0.1) is 0 Å². The summed E-state index contributed by atoms with van der Waals surface area (Å²) < 4.78 is 10.4. The molecular formula is C20H26ClN5O3. The fourth-order valence-corrected chi connectivity index (χ4v) is 3.15. The molecular weight excluding hydrogens is 394 g/mol. The van der Waals surface area contributed by atoms with Crippen molar-refractivity contribution in [3.8, 4) is 5.75 Å². The predicted octanol–water partition coefficient (Wildman–Crippen LogP) is -0.843. The molecule has 1 aliphatic rings. The van der Waals surface area contributed by atoms with Gasteiger partial charge >= 0.3 is 6.09 Å². The highest BCUT2D eigenvalue weighted by Crippen LogP contribution is 2.29. The molecule has 1 aromatic heterocycles. The van der Waals surface area contributed by atoms with Crippen molar-refractivity contribution in [1.82, 2.24) is 0 Å². The lowest BCUT2D eigenvalue weighted by Crippen LogP contribution is -3.00. The Kier molecular flexibility index (Phi) is 7.97. The minimum atomic E-state index is -0.571. The van der Waals surface area contributed by atoms with Crippen LogP contribution in [0, 0.1) is 0 Å². The number of hydrogen-bond donors (Lipinski definition) is 2. The predicted molar refractivity (Wildman–Crippen MR) is 110 cm³/mol. The van der Waals surface area contributed by atoms with Crippen LogP contribution < -0.4 is 43.0 Å². The molecule has 4 N–H and O–H groups in total. The van der Waals surface area contributed by atoms with E-state index in [0.717, 1.165) is 43.4 Å². The van der Waals surface area contributed by atoms with E-state index in [9.17, 15) is 4.79 Å². The van der Waals surface area contributed by atoms with Crippen molar-refractivity contribution in [3.05, 3.63) is 49.1 Å². The number of carbonyl (C=O) groups is 1. The Hall–Kier alpha value is -3.13. The average molecular weight is 420 g/mol. The summed E-state index contributed by atoms with van der Waals surface area (Å²) in [6.45, 7) is 7.04. The van der Waals surface area contributed by atoms with Gasteiger partial charge in [0.25, 0.3) is 0 Å². The molecule has 0 radical (unpaired) electrons. The summed E-state index contributed by atoms with van der Waals surface area (Å²) in [6, 6.07) is 11.7. The lowest BCUT2D eigenvalue weighted by atomic mass is 10.2. The van der Waals surface area contributed by atoms with Crippen LogP contribution in [0.15, 0.2) is 49.1 Å². The van der Waals surface area contributed by atoms with Crippen LogP contribution in [0.1, 0.15) is 0 Å². The number of H-pyrrole nitrogens is 1. The van der Waals surface area contributed by atoms with Gasteiger partial charge in [-0.3, -0.25) is 10.2 Å². The fraction of sp³-hybridized carbons (Fsp3) is 0.300. The number of aromatic nitrogens is 1. The number of ether oxygens (including phenoxy) is 2. The maximum absolute atomic E-state index is 11.7. The van der Waals surface area contributed by atoms with Gasteiger partial charge in [0.15, 0.2) is 0 Å². The Morgan fingerprint density at radius 2 is 1.90 bits per heavy atom. The number of halogens is 1. The zero-order valence-electron chi connectivity index (χ0n) is 16.4. The first-order chi connectivity index (χ1) is 13.6. The number of rotatable bonds is 6. The van der Waals surface area contributed by atoms with Crippen molar-refractivity contribution >= 4 is 29.1 Å². The number of para-hydroxylation sites is 2. The molecule has 0 saturated carbocycles. The molecule has 29 heavy (non-hydrogen) atoms. The summed E-state index contributed by atoms with van der Waals surface area (Å²) in [6.07, 6.45) is 0.932. The lowest BCUT2D eigenvalue weighted by molar-refractivity contribution is -0.345. The van der Waals surface area contributed by atoms with E-state index >= 15 is 0 Å². The summed E-state index contributed by atoms with van der Waals surface area (Å²) in [5.41, 5.74) is 7.64. The summed E-state index contributed by atoms with van der Waals surface area (Å²) in [5.74, 6) is 2.16. The summed E-state index contributed by atoms with van der Waals surface area (Å²) in [7, 11) is 1.69. The normalized spacial score (nSPS) is 13.3. The number of amides is 1. The molecule has 1 amide bonds. The topological polar surface area (TPSA) is 94.2 Å². The summed E-state index contributed by atoms with van der Waals surface area (Å²) in [4.78, 5) is 19.3. The molecule has 2 heterocycles. The molecule has 9 heteroatoms. The Bertz CT molecular complexity index is 841. The van der Waals surface area contributed by atoms with E-state index in [4.69, 9.17) is 15.2 Å². The van der Waals surface area contributed by atoms with Gasteiger partial charge in [-0.2, -0.15) is 0 Å². The van der Waals surface area contributed by atoms with Crippen molar-refractivity contribution in [2.45, 2.75) is 0 Å². The molecule has 1 aromatic carbocycles. The molecule has 156 valence electrons. The third-order valence-corrected chi connectivity index (χ3v) is 4.58. The van der Waals surface area contributed by atoms with Gasteiger partial charge in [-0.25, -0.2) is 9.78 Å². The standard InChI is InChI=1S/C20H25N5O3.ClH/c1-3-14-28-20(26)22-15-8-9-18(23-19(15)21)25-12-10-24(11-13-25)16-6-4-5-7-17(16)27-2;/h3-9H,1,10-14H2,2H3,(H2,21,23)(H,22,26);1H. The van der Waals surface area contributed by atoms with Crippen LogP contribution in [0.3, 0.4) is 0 Å². The van der Waals surface area contributed by atoms with E-state index in [1.807, 2.05) is 24.3 Å². The van der Waals surface area contributed by atoms with Gasteiger partial charge in [-0.1, -0.05) is 24.8 Å². The first kappa shape index (κ1) is 22.2. The number of methoxy groups -OCH3 is 1. The van der Waals surface area contributed by atoms with Gasteiger partial charge in [0, 0.05) is 19.2 Å². The number of pyridine rings is 1. The Labute approximate surface area is 176 Å². The van der Waals surface area contributed by atoms with Crippen molar-refractivity contribution in [2.24, 2.45) is 0 Å². The highest BCUT2D eigenvalue weighted by Gasteiger charge is 2.24. The first-order valence-corrected chi connectivity index (χ1v) is 9.11. The van der Waals surface area contributed by atoms with Crippen LogP contribution in [0.2, 0.25) is 0 Å². The molecule has 1 saturated heterocycles. The Balaban J connectivity index is 0.00000300. The zero-order valence-corrected chi connectivity index (χ0v) is 17.1. The number of nitrogens with zero attached hydrogens (tertiary/aromatic N) is 2. The van der Waals surface area contributed by atoms with Crippen LogP contribution in [0.5, 0.6) is 5.75 Å². The maximum atomic E-state index is 11.7. The molecule has 3 rings (SSSR count). The second kappa shape index (κ2) is 10.4. The van der Waals surface area contributed by atoms with Crippen molar-refractivity contribution in [1.29, 1.82) is 0 Å². The van der Waals surface area contributed by atoms with Crippen LogP contribution in [-0.4, -0.2) is 46.0 Å². The Morgan fingerprint density at radius 3 is 2.55 bits per heavy atom. The highest BCUT2D eigenvalue weighted by molar-refractivity contribution is 5.87. The summed E-state index contributed by atoms with van der Waals surface area (Å²) in [5, 5.41) is 2.61. The van der Waals surface area contributed by atoms with Crippen LogP contribution >= 0.6 is 0 Å². The zero-order chi connectivity index (χ0) is 19.9. The van der Waals surface area contributed by atoms with Crippen LogP contribution in [0.25, 0.3) is 0 Å². The number of nitrogens with one attached hydrogen (secondary N) is 2. The minimum absolute atomic E-state index is 0. The number of nitrogens with two attached hydrogens (primary N) is 1. The van der Waals surface area contributed by atoms with Gasteiger partial charge < -0.3 is 32.5 Å². The van der Waals surface area contributed by atoms with Crippen LogP contribution in [0.4, 0.5) is 27.8 Å². The number of benzene rings is 1. The molecule has 0 unspecified atom stereocenters. The van der Waals surface area contributed by atoms with Crippen LogP contribution in [-0.2, 0) is 4.74 Å². The van der Waals surface area contributed by atoms with E-state index in [2.05, 4.69) is 32.7 Å². The van der Waals surface area contributed by atoms with Gasteiger partial charge in [0.1, 0.15) is 18.0 Å². The quantitative estimate of drug-likeness (QED) is 0.593. The van der Waals surface area contributed by atoms with E-state index in [-0.39, 0.29) is 19.0 Å². The smallest absolute Gasteiger partial charge is 0.412 e. The summed E-state index contributed by atoms with van der Waals surface area (Å²) >= 11 is 0. The van der Waals surface area contributed by atoms with Gasteiger partial charge in [0.2, 0.25) is 11.6 Å². The molecule has 8 nitrogen and oxygen atoms in total. The van der Waals surface area contributed by atoms with Crippen molar-refractivity contribution < 1.29 is 31.7 Å². The largest absolute Gasteiger partial charge is 1.00 e. The second-order valence-corrected chi connectivity index (χ2v) is 6.33. The Morgan fingerprint density at radius 1 is 1.21 bits per heavy atom. The number of nitrogen functional groups attached to an aromatic ring is 1. The maximum Gasteiger partial charge on any atom is 0.412 e. The third kappa shape index (κ3) is 5.45. The lowest BCUT2D eigenvalue weighted by Gasteiger charge is -2.34. The number of aromatic amines is 1. The molecule has 1 aliphatic heterocycles. The number of piperazine rings is 1. The van der Waals surface area contributed by atoms with E-state index < -0.39 is 6.09 Å². The SMILES string of the molecule is C=CCOC(=O)Nc1ccc(N2CCN(c3ccccc3OC)CC2)[nH+]c1N.[Cl-]. The average Bonchev–Trinajstić information content (AvgIpc) is 2.73. The highest BCUT2D eigenvalue weighted by atomic mass is 35.5. The molecule has 0 atom stereocenters. The number of hydrogen-bond acceptors (Lipinski definition) is 6. The fourth-order valence-electron chi connectivity index (χ4n) is 3.15. The van der Waals surface area contributed by atoms with Gasteiger partial charge in [-0.05, 0) is 18.2 Å². The molecule has 0 bridgehead atoms. The minimum Gasteiger partial charge on any atom is -1.00 e. The van der Waals surface area contributed by atoms with E-state index in [1.54, 1.807) is 13.2 Å². The molecule has 0 spiro atoms. The monoisotopic (exact) mass is 419 g/mol.